The van der Waals surface area contributed by atoms with Crippen molar-refractivity contribution in [2.45, 2.75) is 37.4 Å². The maximum atomic E-state index is 14.7. The number of hydrogen-bond donors (Lipinski definition) is 3. The third-order valence-electron chi connectivity index (χ3n) is 7.57. The van der Waals surface area contributed by atoms with Crippen molar-refractivity contribution in [1.29, 1.82) is 0 Å². The molecule has 2 aromatic heterocycles. The van der Waals surface area contributed by atoms with Crippen LogP contribution in [0.4, 0.5) is 30.7 Å². The summed E-state index contributed by atoms with van der Waals surface area (Å²) in [4.78, 5) is 33.4. The van der Waals surface area contributed by atoms with E-state index in [2.05, 4.69) is 14.7 Å². The van der Waals surface area contributed by atoms with Gasteiger partial charge in [0.1, 0.15) is 34.8 Å². The summed E-state index contributed by atoms with van der Waals surface area (Å²) >= 11 is 6.18. The molecule has 17 heteroatoms. The average Bonchev–Trinajstić information content (AvgIpc) is 3.31. The quantitative estimate of drug-likeness (QED) is 0.215. The lowest BCUT2D eigenvalue weighted by molar-refractivity contribution is -0.274. The van der Waals surface area contributed by atoms with E-state index >= 15 is 0 Å². The Morgan fingerprint density at radius 2 is 1.83 bits per heavy atom. The standard InChI is InChI=1S/C30H22ClF7N4O5/c1-13-5-14-6-15(7-20(22(14)40-10-13)47-30(36,37)38)25(43)41-11-28(45,29(33,34)35)21-9-18-24(46-12-27(18,2)26(39)44)23(42-21)17-4-3-16(32)8-19(17)31/h3-10,45H,11-12H2,1-2H3,(H2,39,44)(H,41,43)/t27-,28?/m0/s1. The van der Waals surface area contributed by atoms with Gasteiger partial charge in [-0.25, -0.2) is 9.37 Å². The van der Waals surface area contributed by atoms with Crippen LogP contribution in [-0.4, -0.2) is 52.6 Å². The number of alkyl halides is 6. The zero-order valence-corrected chi connectivity index (χ0v) is 24.9. The molecule has 47 heavy (non-hydrogen) atoms. The average molecular weight is 687 g/mol. The largest absolute Gasteiger partial charge is 0.573 e. The van der Waals surface area contributed by atoms with Gasteiger partial charge in [-0.3, -0.25) is 14.6 Å². The molecule has 0 spiro atoms. The highest BCUT2D eigenvalue weighted by Crippen LogP contribution is 2.48. The number of hydrogen-bond acceptors (Lipinski definition) is 7. The minimum atomic E-state index is -5.55. The van der Waals surface area contributed by atoms with Crippen LogP contribution in [0.1, 0.15) is 34.1 Å². The van der Waals surface area contributed by atoms with Crippen molar-refractivity contribution in [2.24, 2.45) is 5.73 Å². The molecule has 1 aliphatic rings. The van der Waals surface area contributed by atoms with E-state index < -0.39 is 77.0 Å². The van der Waals surface area contributed by atoms with Crippen molar-refractivity contribution in [3.63, 3.8) is 0 Å². The number of ether oxygens (including phenoxy) is 2. The van der Waals surface area contributed by atoms with Gasteiger partial charge in [0.05, 0.1) is 17.3 Å². The third-order valence-corrected chi connectivity index (χ3v) is 7.89. The van der Waals surface area contributed by atoms with E-state index in [1.807, 2.05) is 5.32 Å². The molecule has 4 aromatic rings. The van der Waals surface area contributed by atoms with Crippen molar-refractivity contribution >= 4 is 34.3 Å². The number of rotatable bonds is 7. The van der Waals surface area contributed by atoms with E-state index in [0.29, 0.717) is 11.6 Å². The van der Waals surface area contributed by atoms with E-state index in [9.17, 15) is 45.4 Å². The van der Waals surface area contributed by atoms with Gasteiger partial charge < -0.3 is 25.6 Å². The number of carbonyl (C=O) groups excluding carboxylic acids is 2. The predicted molar refractivity (Wildman–Crippen MR) is 152 cm³/mol. The Morgan fingerprint density at radius 3 is 2.45 bits per heavy atom. The molecular weight excluding hydrogens is 665 g/mol. The molecule has 2 aromatic carbocycles. The van der Waals surface area contributed by atoms with Gasteiger partial charge in [0.25, 0.3) is 5.91 Å². The van der Waals surface area contributed by atoms with Crippen molar-refractivity contribution < 1.29 is 54.9 Å². The zero-order chi connectivity index (χ0) is 34.7. The molecular formula is C30H22ClF7N4O5. The number of halogens is 8. The van der Waals surface area contributed by atoms with E-state index in [1.165, 1.54) is 19.2 Å². The molecule has 1 unspecified atom stereocenters. The highest BCUT2D eigenvalue weighted by atomic mass is 35.5. The maximum absolute atomic E-state index is 14.7. The van der Waals surface area contributed by atoms with Crippen molar-refractivity contribution in [3.05, 3.63) is 81.9 Å². The Morgan fingerprint density at radius 1 is 1.13 bits per heavy atom. The number of amides is 2. The monoisotopic (exact) mass is 686 g/mol. The number of nitrogens with two attached hydrogens (primary N) is 1. The highest BCUT2D eigenvalue weighted by molar-refractivity contribution is 6.33. The van der Waals surface area contributed by atoms with Crippen LogP contribution >= 0.6 is 11.6 Å². The molecule has 0 aliphatic carbocycles. The number of aryl methyl sites for hydroxylation is 1. The fourth-order valence-corrected chi connectivity index (χ4v) is 5.23. The SMILES string of the molecule is Cc1cnc2c(OC(F)(F)F)cc(C(=O)NCC(O)(c3cc4c(c(-c5ccc(F)cc5Cl)n3)OC[C@]4(C)C(N)=O)C(F)(F)F)cc2c1. The maximum Gasteiger partial charge on any atom is 0.573 e. The summed E-state index contributed by atoms with van der Waals surface area (Å²) in [6.07, 6.45) is -9.50. The number of carbonyl (C=O) groups is 2. The number of nitrogens with zero attached hydrogens (tertiary/aromatic N) is 2. The molecule has 0 fully saturated rings. The van der Waals surface area contributed by atoms with Crippen molar-refractivity contribution in [1.82, 2.24) is 15.3 Å². The van der Waals surface area contributed by atoms with Crippen LogP contribution in [0.25, 0.3) is 22.2 Å². The minimum absolute atomic E-state index is 0.00910. The van der Waals surface area contributed by atoms with E-state index in [0.717, 1.165) is 30.3 Å². The van der Waals surface area contributed by atoms with Gasteiger partial charge in [-0.2, -0.15) is 13.2 Å². The van der Waals surface area contributed by atoms with Crippen LogP contribution in [0.3, 0.4) is 0 Å². The van der Waals surface area contributed by atoms with Gasteiger partial charge in [-0.15, -0.1) is 13.2 Å². The molecule has 248 valence electrons. The molecule has 0 saturated carbocycles. The van der Waals surface area contributed by atoms with Gasteiger partial charge in [-0.1, -0.05) is 11.6 Å². The Labute approximate surface area is 265 Å². The number of fused-ring (bicyclic) bond motifs is 2. The summed E-state index contributed by atoms with van der Waals surface area (Å²) in [5, 5.41) is 12.8. The van der Waals surface area contributed by atoms with Crippen LogP contribution in [-0.2, 0) is 15.8 Å². The number of aromatic nitrogens is 2. The fourth-order valence-electron chi connectivity index (χ4n) is 4.97. The molecule has 5 rings (SSSR count). The molecule has 3 heterocycles. The number of aliphatic hydroxyl groups is 1. The highest BCUT2D eigenvalue weighted by Gasteiger charge is 2.58. The number of pyridine rings is 2. The van der Waals surface area contributed by atoms with Gasteiger partial charge in [0, 0.05) is 28.3 Å². The molecule has 9 nitrogen and oxygen atoms in total. The number of primary amides is 1. The molecule has 4 N–H and O–H groups in total. The van der Waals surface area contributed by atoms with Gasteiger partial charge in [-0.05, 0) is 61.9 Å². The summed E-state index contributed by atoms with van der Waals surface area (Å²) in [6, 6.07) is 6.73. The lowest BCUT2D eigenvalue weighted by Gasteiger charge is -2.31. The second-order valence-corrected chi connectivity index (χ2v) is 11.4. The van der Waals surface area contributed by atoms with Crippen LogP contribution in [0.5, 0.6) is 11.5 Å². The first-order chi connectivity index (χ1) is 21.7. The van der Waals surface area contributed by atoms with Gasteiger partial charge >= 0.3 is 12.5 Å². The first-order valence-electron chi connectivity index (χ1n) is 13.4. The minimum Gasteiger partial charge on any atom is -0.489 e. The lowest BCUT2D eigenvalue weighted by atomic mass is 9.81. The fraction of sp³-hybridized carbons (Fsp3) is 0.267. The number of benzene rings is 2. The third kappa shape index (κ3) is 6.22. The predicted octanol–water partition coefficient (Wildman–Crippen LogP) is 5.61. The van der Waals surface area contributed by atoms with Crippen molar-refractivity contribution in [2.75, 3.05) is 13.2 Å². The second-order valence-electron chi connectivity index (χ2n) is 11.0. The molecule has 0 bridgehead atoms. The smallest absolute Gasteiger partial charge is 0.489 e. The van der Waals surface area contributed by atoms with Gasteiger partial charge in [0.2, 0.25) is 11.5 Å². The van der Waals surface area contributed by atoms with Crippen LogP contribution in [0.2, 0.25) is 5.02 Å². The molecule has 2 atom stereocenters. The topological polar surface area (TPSA) is 137 Å². The Hall–Kier alpha value is -4.70. The number of nitrogens with one attached hydrogen (secondary N) is 1. The lowest BCUT2D eigenvalue weighted by Crippen LogP contribution is -2.51. The van der Waals surface area contributed by atoms with Crippen molar-refractivity contribution in [3.8, 4) is 22.8 Å². The second kappa shape index (κ2) is 11.5. The first kappa shape index (κ1) is 33.7. The first-order valence-corrected chi connectivity index (χ1v) is 13.8. The summed E-state index contributed by atoms with van der Waals surface area (Å²) in [6.45, 7) is 0.824. The summed E-state index contributed by atoms with van der Waals surface area (Å²) in [5.41, 5.74) is -2.31. The summed E-state index contributed by atoms with van der Waals surface area (Å²) in [7, 11) is 0. The summed E-state index contributed by atoms with van der Waals surface area (Å²) in [5.74, 6) is -4.19. The molecule has 1 aliphatic heterocycles. The van der Waals surface area contributed by atoms with Crippen LogP contribution < -0.4 is 20.5 Å². The van der Waals surface area contributed by atoms with E-state index in [1.54, 1.807) is 6.92 Å². The Kier molecular flexibility index (Phi) is 8.25. The van der Waals surface area contributed by atoms with Gasteiger partial charge in [0.15, 0.2) is 5.75 Å². The Balaban J connectivity index is 1.61. The molecule has 0 saturated heterocycles. The molecule has 2 amide bonds. The Bertz CT molecular complexity index is 1940. The van der Waals surface area contributed by atoms with Crippen LogP contribution in [0, 0.1) is 12.7 Å². The normalized spacial score (nSPS) is 17.5. The molecule has 0 radical (unpaired) electrons. The summed E-state index contributed by atoms with van der Waals surface area (Å²) < 4.78 is 107. The zero-order valence-electron chi connectivity index (χ0n) is 24.1. The van der Waals surface area contributed by atoms with E-state index in [4.69, 9.17) is 22.1 Å². The van der Waals surface area contributed by atoms with E-state index in [-0.39, 0.29) is 32.8 Å². The van der Waals surface area contributed by atoms with Crippen LogP contribution in [0.15, 0.2) is 48.7 Å².